The Kier molecular flexibility index (Phi) is 6.41. The fraction of sp³-hybridized carbons (Fsp3) is 0.300. The lowest BCUT2D eigenvalue weighted by molar-refractivity contribution is -0.137. The van der Waals surface area contributed by atoms with E-state index in [1.807, 2.05) is 19.9 Å². The maximum absolute atomic E-state index is 12.6. The lowest BCUT2D eigenvalue weighted by Crippen LogP contribution is -2.13. The van der Waals surface area contributed by atoms with E-state index < -0.39 is 5.97 Å². The average molecular weight is 432 g/mol. The van der Waals surface area contributed by atoms with Crippen molar-refractivity contribution < 1.29 is 19.4 Å². The molecule has 1 aromatic carbocycles. The molecule has 0 atom stereocenters. The molecule has 0 spiro atoms. The molecule has 0 aliphatic heterocycles. The Morgan fingerprint density at radius 3 is 2.73 bits per heavy atom. The molecule has 2 aromatic heterocycles. The third-order valence-corrected chi connectivity index (χ3v) is 4.98. The van der Waals surface area contributed by atoms with Gasteiger partial charge in [0.25, 0.3) is 5.91 Å². The molecule has 2 N–H and O–H groups in total. The Balaban J connectivity index is 1.67. The Bertz CT molecular complexity index is 1090. The fourth-order valence-corrected chi connectivity index (χ4v) is 2.96. The van der Waals surface area contributed by atoms with Crippen molar-refractivity contribution in [1.82, 2.24) is 19.6 Å². The Labute approximate surface area is 178 Å². The third-order valence-electron chi connectivity index (χ3n) is 4.55. The quantitative estimate of drug-likeness (QED) is 0.565. The summed E-state index contributed by atoms with van der Waals surface area (Å²) in [7, 11) is 0. The van der Waals surface area contributed by atoms with Crippen LogP contribution in [0.1, 0.15) is 33.7 Å². The van der Waals surface area contributed by atoms with Crippen molar-refractivity contribution in [3.8, 4) is 5.75 Å². The van der Waals surface area contributed by atoms with Crippen LogP contribution in [0.3, 0.4) is 0 Å². The molecule has 9 nitrogen and oxygen atoms in total. The van der Waals surface area contributed by atoms with Gasteiger partial charge in [-0.15, -0.1) is 0 Å². The SMILES string of the molecule is Cc1cc(OCn2nc(C)c(NC(=O)c3cnn(CCC(=O)O)c3)c2C)ccc1Cl. The molecule has 0 unspecified atom stereocenters. The van der Waals surface area contributed by atoms with Gasteiger partial charge >= 0.3 is 5.97 Å². The van der Waals surface area contributed by atoms with Crippen molar-refractivity contribution in [1.29, 1.82) is 0 Å². The van der Waals surface area contributed by atoms with Gasteiger partial charge in [-0.3, -0.25) is 14.3 Å². The number of amides is 1. The predicted molar refractivity (Wildman–Crippen MR) is 111 cm³/mol. The maximum atomic E-state index is 12.6. The monoisotopic (exact) mass is 431 g/mol. The van der Waals surface area contributed by atoms with Gasteiger partial charge in [0.2, 0.25) is 0 Å². The summed E-state index contributed by atoms with van der Waals surface area (Å²) in [4.78, 5) is 23.2. The molecule has 0 aliphatic carbocycles. The first-order chi connectivity index (χ1) is 14.2. The van der Waals surface area contributed by atoms with Gasteiger partial charge in [-0.2, -0.15) is 10.2 Å². The summed E-state index contributed by atoms with van der Waals surface area (Å²) in [6.07, 6.45) is 2.85. The van der Waals surface area contributed by atoms with E-state index in [2.05, 4.69) is 15.5 Å². The normalized spacial score (nSPS) is 10.8. The van der Waals surface area contributed by atoms with E-state index in [1.54, 1.807) is 23.7 Å². The van der Waals surface area contributed by atoms with Crippen LogP contribution in [0.25, 0.3) is 0 Å². The number of carbonyl (C=O) groups is 2. The van der Waals surface area contributed by atoms with Gasteiger partial charge in [0.05, 0.1) is 41.8 Å². The highest BCUT2D eigenvalue weighted by molar-refractivity contribution is 6.31. The average Bonchev–Trinajstić information content (AvgIpc) is 3.27. The molecule has 0 saturated heterocycles. The molecular weight excluding hydrogens is 410 g/mol. The molecule has 0 saturated carbocycles. The highest BCUT2D eigenvalue weighted by Crippen LogP contribution is 2.23. The number of anilines is 1. The number of hydrogen-bond acceptors (Lipinski definition) is 5. The van der Waals surface area contributed by atoms with Crippen LogP contribution in [0, 0.1) is 20.8 Å². The van der Waals surface area contributed by atoms with Gasteiger partial charge in [-0.25, -0.2) is 4.68 Å². The molecule has 2 heterocycles. The number of nitrogens with zero attached hydrogens (tertiary/aromatic N) is 4. The van der Waals surface area contributed by atoms with E-state index in [4.69, 9.17) is 21.4 Å². The second kappa shape index (κ2) is 9.00. The summed E-state index contributed by atoms with van der Waals surface area (Å²) < 4.78 is 8.87. The van der Waals surface area contributed by atoms with Gasteiger partial charge in [0.15, 0.2) is 6.73 Å². The number of hydrogen-bond donors (Lipinski definition) is 2. The van der Waals surface area contributed by atoms with Crippen LogP contribution in [0.2, 0.25) is 5.02 Å². The van der Waals surface area contributed by atoms with Crippen LogP contribution in [0.5, 0.6) is 5.75 Å². The first-order valence-electron chi connectivity index (χ1n) is 9.23. The maximum Gasteiger partial charge on any atom is 0.305 e. The number of benzene rings is 1. The summed E-state index contributed by atoms with van der Waals surface area (Å²) >= 11 is 6.03. The summed E-state index contributed by atoms with van der Waals surface area (Å²) in [5, 5.41) is 20.7. The molecule has 0 aliphatic rings. The Hall–Kier alpha value is -3.33. The number of carboxylic acid groups (broad SMARTS) is 1. The zero-order valence-corrected chi connectivity index (χ0v) is 17.6. The molecule has 3 aromatic rings. The van der Waals surface area contributed by atoms with E-state index in [0.717, 1.165) is 11.3 Å². The number of rotatable bonds is 8. The van der Waals surface area contributed by atoms with E-state index in [9.17, 15) is 9.59 Å². The number of carboxylic acids is 1. The zero-order chi connectivity index (χ0) is 21.8. The number of ether oxygens (including phenoxy) is 1. The van der Waals surface area contributed by atoms with E-state index in [-0.39, 0.29) is 25.6 Å². The summed E-state index contributed by atoms with van der Waals surface area (Å²) in [5.74, 6) is -0.605. The van der Waals surface area contributed by atoms with Gasteiger partial charge in [0, 0.05) is 11.2 Å². The van der Waals surface area contributed by atoms with Gasteiger partial charge < -0.3 is 15.2 Å². The molecule has 1 amide bonds. The zero-order valence-electron chi connectivity index (χ0n) is 16.8. The Morgan fingerprint density at radius 1 is 1.27 bits per heavy atom. The number of carbonyl (C=O) groups excluding carboxylic acids is 1. The topological polar surface area (TPSA) is 111 Å². The lowest BCUT2D eigenvalue weighted by Gasteiger charge is -2.10. The third kappa shape index (κ3) is 4.98. The number of nitrogens with one attached hydrogen (secondary N) is 1. The number of aliphatic carboxylic acids is 1. The molecule has 30 heavy (non-hydrogen) atoms. The van der Waals surface area contributed by atoms with Crippen molar-refractivity contribution in [2.45, 2.75) is 40.5 Å². The number of aromatic nitrogens is 4. The highest BCUT2D eigenvalue weighted by Gasteiger charge is 2.17. The van der Waals surface area contributed by atoms with Gasteiger partial charge in [0.1, 0.15) is 5.75 Å². The van der Waals surface area contributed by atoms with Crippen LogP contribution in [-0.4, -0.2) is 36.5 Å². The smallest absolute Gasteiger partial charge is 0.305 e. The molecule has 0 radical (unpaired) electrons. The number of aryl methyl sites for hydroxylation is 3. The summed E-state index contributed by atoms with van der Waals surface area (Å²) in [5.41, 5.74) is 3.23. The molecule has 0 fully saturated rings. The largest absolute Gasteiger partial charge is 0.481 e. The second-order valence-electron chi connectivity index (χ2n) is 6.82. The fourth-order valence-electron chi connectivity index (χ4n) is 2.85. The molecular formula is C20H22ClN5O4. The first-order valence-corrected chi connectivity index (χ1v) is 9.61. The van der Waals surface area contributed by atoms with Crippen LogP contribution in [0.4, 0.5) is 5.69 Å². The second-order valence-corrected chi connectivity index (χ2v) is 7.23. The van der Waals surface area contributed by atoms with E-state index in [1.165, 1.54) is 17.1 Å². The summed E-state index contributed by atoms with van der Waals surface area (Å²) in [6.45, 7) is 5.90. The van der Waals surface area contributed by atoms with Crippen molar-refractivity contribution in [3.05, 3.63) is 58.1 Å². The van der Waals surface area contributed by atoms with E-state index in [0.29, 0.717) is 27.7 Å². The van der Waals surface area contributed by atoms with Crippen LogP contribution in [-0.2, 0) is 18.1 Å². The van der Waals surface area contributed by atoms with Gasteiger partial charge in [-0.05, 0) is 44.5 Å². The minimum absolute atomic E-state index is 0.0686. The van der Waals surface area contributed by atoms with Gasteiger partial charge in [-0.1, -0.05) is 11.6 Å². The number of halogens is 1. The first kappa shape index (κ1) is 21.4. The molecule has 3 rings (SSSR count). The lowest BCUT2D eigenvalue weighted by atomic mass is 10.2. The van der Waals surface area contributed by atoms with Crippen molar-refractivity contribution >= 4 is 29.2 Å². The van der Waals surface area contributed by atoms with Crippen molar-refractivity contribution in [2.75, 3.05) is 5.32 Å². The minimum atomic E-state index is -0.925. The summed E-state index contributed by atoms with van der Waals surface area (Å²) in [6, 6.07) is 5.40. The molecule has 10 heteroatoms. The van der Waals surface area contributed by atoms with Crippen LogP contribution < -0.4 is 10.1 Å². The van der Waals surface area contributed by atoms with Crippen molar-refractivity contribution in [3.63, 3.8) is 0 Å². The van der Waals surface area contributed by atoms with Crippen molar-refractivity contribution in [2.24, 2.45) is 0 Å². The molecule has 0 bridgehead atoms. The van der Waals surface area contributed by atoms with Crippen LogP contribution in [0.15, 0.2) is 30.6 Å². The Morgan fingerprint density at radius 2 is 2.03 bits per heavy atom. The predicted octanol–water partition coefficient (Wildman–Crippen LogP) is 3.42. The minimum Gasteiger partial charge on any atom is -0.481 e. The molecule has 158 valence electrons. The standard InChI is InChI=1S/C20H22ClN5O4/c1-12-8-16(4-5-17(12)21)30-11-26-14(3)19(13(2)24-26)23-20(29)15-9-22-25(10-15)7-6-18(27)28/h4-5,8-10H,6-7,11H2,1-3H3,(H,23,29)(H,27,28). The van der Waals surface area contributed by atoms with Crippen LogP contribution >= 0.6 is 11.6 Å². The highest BCUT2D eigenvalue weighted by atomic mass is 35.5. The van der Waals surface area contributed by atoms with E-state index >= 15 is 0 Å².